The van der Waals surface area contributed by atoms with E-state index < -0.39 is 5.82 Å². The third-order valence-electron chi connectivity index (χ3n) is 8.16. The number of morpholine rings is 1. The quantitative estimate of drug-likeness (QED) is 0.186. The number of benzene rings is 2. The van der Waals surface area contributed by atoms with Gasteiger partial charge in [-0.2, -0.15) is 0 Å². The summed E-state index contributed by atoms with van der Waals surface area (Å²) in [5, 5.41) is 3.61. The molecule has 1 N–H and O–H groups in total. The summed E-state index contributed by atoms with van der Waals surface area (Å²) < 4.78 is 33.2. The van der Waals surface area contributed by atoms with Crippen molar-refractivity contribution in [1.82, 2.24) is 19.8 Å². The van der Waals surface area contributed by atoms with Crippen LogP contribution in [0.15, 0.2) is 43.2 Å². The molecule has 12 heteroatoms. The van der Waals surface area contributed by atoms with E-state index in [0.29, 0.717) is 47.9 Å². The van der Waals surface area contributed by atoms with Crippen molar-refractivity contribution >= 4 is 51.5 Å². The number of hydrogen-bond donors (Lipinski definition) is 1. The first-order valence-electron chi connectivity index (χ1n) is 14.1. The van der Waals surface area contributed by atoms with Crippen LogP contribution in [0.3, 0.4) is 0 Å². The van der Waals surface area contributed by atoms with Gasteiger partial charge in [0.05, 0.1) is 41.1 Å². The molecule has 1 aromatic heterocycles. The fourth-order valence-electron chi connectivity index (χ4n) is 5.91. The summed E-state index contributed by atoms with van der Waals surface area (Å²) in [5.74, 6) is 1.23. The van der Waals surface area contributed by atoms with Gasteiger partial charge in [-0.15, -0.1) is 0 Å². The number of ether oxygens (including phenoxy) is 3. The molecule has 42 heavy (non-hydrogen) atoms. The van der Waals surface area contributed by atoms with Crippen molar-refractivity contribution in [3.8, 4) is 11.5 Å². The molecule has 1 amide bonds. The van der Waals surface area contributed by atoms with Crippen molar-refractivity contribution < 1.29 is 23.4 Å². The number of amides is 1. The minimum atomic E-state index is -0.673. The summed E-state index contributed by atoms with van der Waals surface area (Å²) in [6.45, 7) is 9.65. The number of rotatable bonds is 10. The van der Waals surface area contributed by atoms with Crippen molar-refractivity contribution in [2.45, 2.75) is 18.9 Å². The largest absolute Gasteiger partial charge is 0.490 e. The normalized spacial score (nSPS) is 22.0. The highest BCUT2D eigenvalue weighted by Crippen LogP contribution is 2.45. The first-order valence-corrected chi connectivity index (χ1v) is 14.9. The van der Waals surface area contributed by atoms with Crippen LogP contribution in [-0.2, 0) is 9.53 Å². The number of halogens is 3. The third kappa shape index (κ3) is 5.99. The van der Waals surface area contributed by atoms with Crippen molar-refractivity contribution in [3.63, 3.8) is 0 Å². The molecule has 3 atom stereocenters. The monoisotopic (exact) mass is 615 g/mol. The SMILES string of the molecule is C=CC(=O)N1C[C@H]2C[C@@H](C1)C2Oc1cc2c(Nc3ccc(Cl)c(Cl)c3F)ncnc2cc1OCCCN1CCOCC1. The van der Waals surface area contributed by atoms with Crippen LogP contribution in [0.2, 0.25) is 10.0 Å². The van der Waals surface area contributed by atoms with Gasteiger partial charge in [-0.3, -0.25) is 9.69 Å². The highest BCUT2D eigenvalue weighted by atomic mass is 35.5. The molecule has 4 fully saturated rings. The number of hydrogen-bond acceptors (Lipinski definition) is 8. The Kier molecular flexibility index (Phi) is 8.67. The molecule has 2 aromatic carbocycles. The van der Waals surface area contributed by atoms with Crippen LogP contribution in [0.4, 0.5) is 15.9 Å². The van der Waals surface area contributed by atoms with E-state index >= 15 is 0 Å². The lowest BCUT2D eigenvalue weighted by atomic mass is 9.68. The lowest BCUT2D eigenvalue weighted by molar-refractivity contribution is -0.142. The summed E-state index contributed by atoms with van der Waals surface area (Å²) in [7, 11) is 0. The maximum absolute atomic E-state index is 14.9. The molecule has 222 valence electrons. The number of nitrogens with one attached hydrogen (secondary N) is 1. The van der Waals surface area contributed by atoms with Crippen molar-refractivity contribution in [2.24, 2.45) is 11.8 Å². The van der Waals surface area contributed by atoms with E-state index in [1.54, 1.807) is 0 Å². The topological polar surface area (TPSA) is 89.0 Å². The molecule has 1 aliphatic carbocycles. The number of carbonyl (C=O) groups excluding carboxylic acids is 1. The highest BCUT2D eigenvalue weighted by molar-refractivity contribution is 6.42. The van der Waals surface area contributed by atoms with Crippen LogP contribution in [0.5, 0.6) is 11.5 Å². The Balaban J connectivity index is 1.26. The first kappa shape index (κ1) is 28.9. The Bertz CT molecular complexity index is 1480. The first-order chi connectivity index (χ1) is 20.4. The summed E-state index contributed by atoms with van der Waals surface area (Å²) in [5.41, 5.74) is 0.746. The summed E-state index contributed by atoms with van der Waals surface area (Å²) >= 11 is 12.0. The van der Waals surface area contributed by atoms with Crippen molar-refractivity contribution in [3.05, 3.63) is 59.1 Å². The number of anilines is 2. The maximum Gasteiger partial charge on any atom is 0.245 e. The molecule has 1 unspecified atom stereocenters. The average Bonchev–Trinajstić information content (AvgIpc) is 3.02. The van der Waals surface area contributed by atoms with Crippen LogP contribution in [0.1, 0.15) is 12.8 Å². The van der Waals surface area contributed by atoms with Crippen LogP contribution in [0, 0.1) is 17.7 Å². The molecule has 9 nitrogen and oxygen atoms in total. The lowest BCUT2D eigenvalue weighted by Crippen LogP contribution is -2.61. The van der Waals surface area contributed by atoms with E-state index in [4.69, 9.17) is 37.4 Å². The second kappa shape index (κ2) is 12.6. The van der Waals surface area contributed by atoms with E-state index in [9.17, 15) is 9.18 Å². The zero-order chi connectivity index (χ0) is 29.2. The van der Waals surface area contributed by atoms with Crippen LogP contribution >= 0.6 is 23.2 Å². The van der Waals surface area contributed by atoms with Gasteiger partial charge >= 0.3 is 0 Å². The van der Waals surface area contributed by atoms with Gasteiger partial charge in [0.2, 0.25) is 5.91 Å². The van der Waals surface area contributed by atoms with Gasteiger partial charge in [0.1, 0.15) is 18.2 Å². The van der Waals surface area contributed by atoms with Gasteiger partial charge in [-0.1, -0.05) is 29.8 Å². The number of nitrogens with zero attached hydrogens (tertiary/aromatic N) is 4. The minimum Gasteiger partial charge on any atom is -0.490 e. The van der Waals surface area contributed by atoms with Crippen LogP contribution in [0.25, 0.3) is 10.9 Å². The molecular formula is C30H32Cl2FN5O4. The second-order valence-electron chi connectivity index (χ2n) is 10.8. The Hall–Kier alpha value is -3.18. The van der Waals surface area contributed by atoms with Crippen LogP contribution < -0.4 is 14.8 Å². The van der Waals surface area contributed by atoms with E-state index in [2.05, 4.69) is 26.8 Å². The number of carbonyl (C=O) groups is 1. The van der Waals surface area contributed by atoms with Crippen LogP contribution in [-0.4, -0.2) is 84.3 Å². The van der Waals surface area contributed by atoms with E-state index in [-0.39, 0.29) is 39.6 Å². The molecule has 3 aliphatic heterocycles. The number of aromatic nitrogens is 2. The molecule has 7 rings (SSSR count). The Labute approximate surface area is 253 Å². The summed E-state index contributed by atoms with van der Waals surface area (Å²) in [6.07, 6.45) is 4.56. The molecule has 2 bridgehead atoms. The second-order valence-corrected chi connectivity index (χ2v) is 11.6. The molecule has 4 aliphatic rings. The van der Waals surface area contributed by atoms with Gasteiger partial charge in [-0.25, -0.2) is 14.4 Å². The maximum atomic E-state index is 14.9. The van der Waals surface area contributed by atoms with E-state index in [1.165, 1.54) is 24.5 Å². The number of fused-ring (bicyclic) bond motifs is 3. The minimum absolute atomic E-state index is 0.0550. The number of piperidine rings is 2. The molecule has 4 heterocycles. The van der Waals surface area contributed by atoms with E-state index in [1.807, 2.05) is 17.0 Å². The van der Waals surface area contributed by atoms with Crippen molar-refractivity contribution in [1.29, 1.82) is 0 Å². The summed E-state index contributed by atoms with van der Waals surface area (Å²) in [6, 6.07) is 6.70. The van der Waals surface area contributed by atoms with E-state index in [0.717, 1.165) is 45.7 Å². The van der Waals surface area contributed by atoms with Crippen molar-refractivity contribution in [2.75, 3.05) is 57.9 Å². The Morgan fingerprint density at radius 1 is 1.17 bits per heavy atom. The zero-order valence-electron chi connectivity index (χ0n) is 23.0. The van der Waals surface area contributed by atoms with Gasteiger partial charge in [-0.05, 0) is 37.1 Å². The lowest BCUT2D eigenvalue weighted by Gasteiger charge is -2.52. The average molecular weight is 617 g/mol. The molecular weight excluding hydrogens is 584 g/mol. The summed E-state index contributed by atoms with van der Waals surface area (Å²) in [4.78, 5) is 25.2. The predicted molar refractivity (Wildman–Crippen MR) is 159 cm³/mol. The van der Waals surface area contributed by atoms with Gasteiger partial charge in [0.25, 0.3) is 0 Å². The van der Waals surface area contributed by atoms with Gasteiger partial charge in [0, 0.05) is 56.0 Å². The Morgan fingerprint density at radius 3 is 2.71 bits per heavy atom. The smallest absolute Gasteiger partial charge is 0.245 e. The van der Waals surface area contributed by atoms with Gasteiger partial charge < -0.3 is 24.4 Å². The standard InChI is InChI=1S/C30H32Cl2FN5O4/c1-2-26(39)38-15-18-12-19(16-38)29(18)42-25-13-20-23(14-24(25)41-9-3-6-37-7-10-40-11-8-37)34-17-35-30(20)36-22-5-4-21(31)27(32)28(22)33/h2,4-5,13-14,17-19,29H,1,3,6-12,15-16H2,(H,34,35,36)/t18-,19+,29?. The van der Waals surface area contributed by atoms with Gasteiger partial charge in [0.15, 0.2) is 17.3 Å². The zero-order valence-corrected chi connectivity index (χ0v) is 24.5. The fraction of sp³-hybridized carbons (Fsp3) is 0.433. The molecule has 3 saturated heterocycles. The molecule has 1 saturated carbocycles. The molecule has 3 aromatic rings. The molecule has 0 radical (unpaired) electrons. The third-order valence-corrected chi connectivity index (χ3v) is 8.94. The fourth-order valence-corrected chi connectivity index (χ4v) is 6.22. The highest BCUT2D eigenvalue weighted by Gasteiger charge is 2.49. The predicted octanol–water partition coefficient (Wildman–Crippen LogP) is 5.33. The Morgan fingerprint density at radius 2 is 1.95 bits per heavy atom. The molecule has 0 spiro atoms.